The molecule has 1 N–H and O–H groups in total. The summed E-state index contributed by atoms with van der Waals surface area (Å²) in [6.07, 6.45) is -1.21. The number of nitrogens with one attached hydrogen (secondary N) is 1. The topological polar surface area (TPSA) is 134 Å². The number of benzene rings is 2. The van der Waals surface area contributed by atoms with E-state index in [1.807, 2.05) is 0 Å². The molecule has 0 aliphatic heterocycles. The molecule has 150 valence electrons. The highest BCUT2D eigenvalue weighted by molar-refractivity contribution is 5.95. The number of aromatic nitrogens is 1. The van der Waals surface area contributed by atoms with E-state index in [4.69, 9.17) is 9.15 Å². The van der Waals surface area contributed by atoms with Gasteiger partial charge in [-0.15, -0.1) is 0 Å². The molecule has 29 heavy (non-hydrogen) atoms. The van der Waals surface area contributed by atoms with E-state index in [0.29, 0.717) is 16.8 Å². The van der Waals surface area contributed by atoms with Gasteiger partial charge >= 0.3 is 11.7 Å². The van der Waals surface area contributed by atoms with E-state index in [1.165, 1.54) is 35.8 Å². The average molecular weight is 399 g/mol. The lowest BCUT2D eigenvalue weighted by Crippen LogP contribution is -2.30. The Morgan fingerprint density at radius 1 is 1.21 bits per heavy atom. The number of nitrogens with zero attached hydrogens (tertiary/aromatic N) is 2. The van der Waals surface area contributed by atoms with Crippen LogP contribution in [-0.4, -0.2) is 27.5 Å². The highest BCUT2D eigenvalue weighted by atomic mass is 16.6. The second-order valence-corrected chi connectivity index (χ2v) is 6.16. The highest BCUT2D eigenvalue weighted by Crippen LogP contribution is 2.16. The predicted octanol–water partition coefficient (Wildman–Crippen LogP) is 2.46. The maximum Gasteiger partial charge on any atom is 0.419 e. The van der Waals surface area contributed by atoms with Gasteiger partial charge in [0.15, 0.2) is 11.7 Å². The number of aryl methyl sites for hydroxylation is 1. The molecule has 10 heteroatoms. The van der Waals surface area contributed by atoms with Crippen molar-refractivity contribution in [2.24, 2.45) is 0 Å². The molecule has 3 aromatic rings. The molecule has 10 nitrogen and oxygen atoms in total. The van der Waals surface area contributed by atoms with Crippen LogP contribution in [0.5, 0.6) is 0 Å². The van der Waals surface area contributed by atoms with E-state index in [-0.39, 0.29) is 18.7 Å². The third-order valence-corrected chi connectivity index (χ3v) is 4.14. The monoisotopic (exact) mass is 399 g/mol. The molecule has 0 aliphatic rings. The van der Waals surface area contributed by atoms with Crippen molar-refractivity contribution >= 4 is 34.4 Å². The van der Waals surface area contributed by atoms with Gasteiger partial charge in [0.1, 0.15) is 0 Å². The number of oxazole rings is 1. The number of carbonyl (C=O) groups excluding carboxylic acids is 2. The van der Waals surface area contributed by atoms with Crippen LogP contribution in [0.3, 0.4) is 0 Å². The number of nitro groups is 1. The van der Waals surface area contributed by atoms with Gasteiger partial charge in [-0.3, -0.25) is 24.3 Å². The summed E-state index contributed by atoms with van der Waals surface area (Å²) in [6.45, 7) is 1.45. The molecule has 0 radical (unpaired) electrons. The van der Waals surface area contributed by atoms with Crippen molar-refractivity contribution < 1.29 is 23.7 Å². The van der Waals surface area contributed by atoms with Gasteiger partial charge in [-0.1, -0.05) is 12.1 Å². The normalized spacial score (nSPS) is 11.8. The molecule has 1 aromatic heterocycles. The number of para-hydroxylation sites is 2. The maximum absolute atomic E-state index is 12.1. The van der Waals surface area contributed by atoms with Crippen molar-refractivity contribution in [3.05, 3.63) is 69.2 Å². The Kier molecular flexibility index (Phi) is 5.72. The van der Waals surface area contributed by atoms with Gasteiger partial charge in [-0.2, -0.15) is 0 Å². The van der Waals surface area contributed by atoms with Crippen LogP contribution >= 0.6 is 0 Å². The first-order valence-electron chi connectivity index (χ1n) is 8.68. The van der Waals surface area contributed by atoms with Gasteiger partial charge in [0, 0.05) is 24.4 Å². The molecule has 0 aliphatic carbocycles. The Balaban J connectivity index is 1.54. The van der Waals surface area contributed by atoms with Gasteiger partial charge in [0.05, 0.1) is 16.9 Å². The first-order valence-corrected chi connectivity index (χ1v) is 8.68. The molecule has 3 rings (SSSR count). The van der Waals surface area contributed by atoms with Crippen LogP contribution in [0, 0.1) is 10.1 Å². The number of non-ortho nitro benzene ring substituents is 1. The largest absolute Gasteiger partial charge is 0.452 e. The van der Waals surface area contributed by atoms with E-state index < -0.39 is 28.7 Å². The van der Waals surface area contributed by atoms with Crippen LogP contribution < -0.4 is 11.1 Å². The molecular formula is C19H17N3O7. The summed E-state index contributed by atoms with van der Waals surface area (Å²) in [5.41, 5.74) is 1.21. The third kappa shape index (κ3) is 4.67. The fraction of sp³-hybridized carbons (Fsp3) is 0.211. The second-order valence-electron chi connectivity index (χ2n) is 6.16. The Morgan fingerprint density at radius 3 is 2.59 bits per heavy atom. The number of hydrogen-bond donors (Lipinski definition) is 1. The minimum Gasteiger partial charge on any atom is -0.452 e. The van der Waals surface area contributed by atoms with Crippen LogP contribution in [0.4, 0.5) is 11.4 Å². The zero-order chi connectivity index (χ0) is 21.0. The summed E-state index contributed by atoms with van der Waals surface area (Å²) >= 11 is 0. The summed E-state index contributed by atoms with van der Waals surface area (Å²) in [6, 6.07) is 12.1. The number of anilines is 1. The van der Waals surface area contributed by atoms with Crippen LogP contribution in [0.2, 0.25) is 0 Å². The summed E-state index contributed by atoms with van der Waals surface area (Å²) in [5.74, 6) is -1.82. The second kappa shape index (κ2) is 8.38. The van der Waals surface area contributed by atoms with Crippen molar-refractivity contribution in [1.82, 2.24) is 4.57 Å². The molecule has 1 heterocycles. The van der Waals surface area contributed by atoms with Gasteiger partial charge in [-0.05, 0) is 31.2 Å². The fourth-order valence-electron chi connectivity index (χ4n) is 2.65. The third-order valence-electron chi connectivity index (χ3n) is 4.14. The molecule has 2 aromatic carbocycles. The number of fused-ring (bicyclic) bond motifs is 1. The van der Waals surface area contributed by atoms with Crippen LogP contribution in [0.25, 0.3) is 11.1 Å². The zero-order valence-electron chi connectivity index (χ0n) is 15.4. The Labute approximate surface area is 163 Å². The Morgan fingerprint density at radius 2 is 1.90 bits per heavy atom. The van der Waals surface area contributed by atoms with E-state index in [2.05, 4.69) is 5.32 Å². The lowest BCUT2D eigenvalue weighted by atomic mass is 10.2. The van der Waals surface area contributed by atoms with Crippen molar-refractivity contribution in [3.8, 4) is 0 Å². The Hall–Kier alpha value is -3.95. The SMILES string of the molecule is CC(OC(=O)CCn1c(=O)oc2ccccc21)C(=O)Nc1ccc([N+](=O)[O-])cc1. The fourth-order valence-corrected chi connectivity index (χ4v) is 2.65. The van der Waals surface area contributed by atoms with Crippen LogP contribution in [-0.2, 0) is 20.9 Å². The summed E-state index contributed by atoms with van der Waals surface area (Å²) in [7, 11) is 0. The molecule has 1 unspecified atom stereocenters. The zero-order valence-corrected chi connectivity index (χ0v) is 15.4. The molecule has 0 fully saturated rings. The van der Waals surface area contributed by atoms with Gasteiger partial charge in [-0.25, -0.2) is 4.79 Å². The lowest BCUT2D eigenvalue weighted by molar-refractivity contribution is -0.384. The molecule has 0 saturated carbocycles. The quantitative estimate of drug-likeness (QED) is 0.366. The van der Waals surface area contributed by atoms with E-state index in [9.17, 15) is 24.5 Å². The van der Waals surface area contributed by atoms with Crippen molar-refractivity contribution in [3.63, 3.8) is 0 Å². The van der Waals surface area contributed by atoms with Crippen molar-refractivity contribution in [2.45, 2.75) is 26.0 Å². The molecule has 1 amide bonds. The average Bonchev–Trinajstić information content (AvgIpc) is 3.01. The van der Waals surface area contributed by atoms with E-state index >= 15 is 0 Å². The smallest absolute Gasteiger partial charge is 0.419 e. The molecular weight excluding hydrogens is 382 g/mol. The first-order chi connectivity index (χ1) is 13.8. The lowest BCUT2D eigenvalue weighted by Gasteiger charge is -2.13. The minimum absolute atomic E-state index is 0.0470. The molecule has 0 saturated heterocycles. The molecule has 0 bridgehead atoms. The molecule has 1 atom stereocenters. The molecule has 0 spiro atoms. The number of ether oxygens (including phenoxy) is 1. The van der Waals surface area contributed by atoms with Gasteiger partial charge < -0.3 is 14.5 Å². The van der Waals surface area contributed by atoms with Crippen LogP contribution in [0.1, 0.15) is 13.3 Å². The number of nitro benzene ring substituents is 1. The standard InChI is InChI=1S/C19H17N3O7/c1-12(18(24)20-13-6-8-14(9-7-13)22(26)27)28-17(23)10-11-21-15-4-2-3-5-16(15)29-19(21)25/h2-9,12H,10-11H2,1H3,(H,20,24). The Bertz CT molecular complexity index is 1110. The predicted molar refractivity (Wildman–Crippen MR) is 102 cm³/mol. The number of rotatable bonds is 7. The number of amides is 1. The van der Waals surface area contributed by atoms with E-state index in [1.54, 1.807) is 24.3 Å². The van der Waals surface area contributed by atoms with Gasteiger partial charge in [0.2, 0.25) is 0 Å². The number of carbonyl (C=O) groups is 2. The first kappa shape index (κ1) is 19.8. The summed E-state index contributed by atoms with van der Waals surface area (Å²) in [5, 5.41) is 13.1. The highest BCUT2D eigenvalue weighted by Gasteiger charge is 2.19. The minimum atomic E-state index is -1.09. The van der Waals surface area contributed by atoms with Gasteiger partial charge in [0.25, 0.3) is 11.6 Å². The summed E-state index contributed by atoms with van der Waals surface area (Å²) in [4.78, 5) is 46.2. The van der Waals surface area contributed by atoms with Crippen LogP contribution in [0.15, 0.2) is 57.7 Å². The summed E-state index contributed by atoms with van der Waals surface area (Å²) < 4.78 is 11.5. The van der Waals surface area contributed by atoms with Crippen molar-refractivity contribution in [2.75, 3.05) is 5.32 Å². The number of esters is 1. The number of hydrogen-bond acceptors (Lipinski definition) is 7. The maximum atomic E-state index is 12.1. The van der Waals surface area contributed by atoms with Crippen molar-refractivity contribution in [1.29, 1.82) is 0 Å². The van der Waals surface area contributed by atoms with E-state index in [0.717, 1.165) is 0 Å².